The first-order chi connectivity index (χ1) is 13.7. The minimum absolute atomic E-state index is 0.163. The molecule has 3 rings (SSSR count). The lowest BCUT2D eigenvalue weighted by atomic mass is 10.1. The monoisotopic (exact) mass is 372 g/mol. The maximum Gasteiger partial charge on any atom is 0.255 e. The summed E-state index contributed by atoms with van der Waals surface area (Å²) in [5.74, 6) is 0.955. The predicted octanol–water partition coefficient (Wildman–Crippen LogP) is 4.79. The summed E-state index contributed by atoms with van der Waals surface area (Å²) in [5.41, 5.74) is 2.76. The molecule has 0 fully saturated rings. The number of anilines is 1. The van der Waals surface area contributed by atoms with Crippen molar-refractivity contribution in [1.82, 2.24) is 0 Å². The molecular weight excluding hydrogens is 352 g/mol. The molecule has 0 saturated heterocycles. The molecule has 0 unspecified atom stereocenters. The summed E-state index contributed by atoms with van der Waals surface area (Å²) in [4.78, 5) is 12.3. The van der Waals surface area contributed by atoms with E-state index >= 15 is 0 Å². The largest absolute Gasteiger partial charge is 0.490 e. The van der Waals surface area contributed by atoms with Gasteiger partial charge in [-0.3, -0.25) is 4.79 Å². The molecule has 0 heterocycles. The zero-order valence-electron chi connectivity index (χ0n) is 15.5. The van der Waals surface area contributed by atoms with E-state index in [1.54, 1.807) is 30.3 Å². The molecule has 140 valence electrons. The molecule has 0 aliphatic heterocycles. The van der Waals surface area contributed by atoms with Crippen LogP contribution in [0, 0.1) is 11.3 Å². The summed E-state index contributed by atoms with van der Waals surface area (Å²) in [6.07, 6.45) is 0. The number of nitriles is 1. The zero-order valence-corrected chi connectivity index (χ0v) is 15.5. The van der Waals surface area contributed by atoms with Crippen molar-refractivity contribution < 1.29 is 14.3 Å². The summed E-state index contributed by atoms with van der Waals surface area (Å²) >= 11 is 0. The number of hydrogen-bond donors (Lipinski definition) is 1. The number of hydrogen-bond acceptors (Lipinski definition) is 4. The van der Waals surface area contributed by atoms with Crippen LogP contribution in [-0.2, 0) is 6.61 Å². The number of nitrogens with zero attached hydrogens (tertiary/aromatic N) is 1. The number of ether oxygens (including phenoxy) is 2. The highest BCUT2D eigenvalue weighted by atomic mass is 16.5. The third-order valence-electron chi connectivity index (χ3n) is 4.01. The highest BCUT2D eigenvalue weighted by Gasteiger charge is 2.09. The lowest BCUT2D eigenvalue weighted by Gasteiger charge is -2.12. The molecule has 5 heteroatoms. The minimum Gasteiger partial charge on any atom is -0.490 e. The van der Waals surface area contributed by atoms with Crippen molar-refractivity contribution in [2.75, 3.05) is 11.9 Å². The van der Waals surface area contributed by atoms with Gasteiger partial charge in [-0.15, -0.1) is 0 Å². The van der Waals surface area contributed by atoms with Crippen molar-refractivity contribution in [2.45, 2.75) is 13.5 Å². The maximum atomic E-state index is 12.3. The zero-order chi connectivity index (χ0) is 19.8. The fraction of sp³-hybridized carbons (Fsp3) is 0.130. The number of carbonyl (C=O) groups excluding carboxylic acids is 1. The number of benzene rings is 3. The number of rotatable bonds is 7. The number of para-hydroxylation sites is 1. The Morgan fingerprint density at radius 3 is 2.39 bits per heavy atom. The summed E-state index contributed by atoms with van der Waals surface area (Å²) in [7, 11) is 0. The van der Waals surface area contributed by atoms with E-state index in [1.165, 1.54) is 0 Å². The van der Waals surface area contributed by atoms with Crippen LogP contribution in [0.2, 0.25) is 0 Å². The normalized spacial score (nSPS) is 10.0. The van der Waals surface area contributed by atoms with Crippen molar-refractivity contribution in [3.63, 3.8) is 0 Å². The molecule has 0 bridgehead atoms. The molecule has 0 aliphatic rings. The Hall–Kier alpha value is -3.78. The quantitative estimate of drug-likeness (QED) is 0.647. The molecule has 0 saturated carbocycles. The Balaban J connectivity index is 1.63. The van der Waals surface area contributed by atoms with Gasteiger partial charge in [0.15, 0.2) is 11.5 Å². The van der Waals surface area contributed by atoms with Crippen molar-refractivity contribution in [1.29, 1.82) is 5.26 Å². The molecule has 3 aromatic rings. The van der Waals surface area contributed by atoms with Gasteiger partial charge in [0, 0.05) is 17.3 Å². The Morgan fingerprint density at radius 2 is 1.71 bits per heavy atom. The standard InChI is InChI=1S/C23H20N2O3/c1-2-27-22-14-18(15-24)10-13-21(22)28-16-17-8-11-19(12-9-17)23(26)25-20-6-4-3-5-7-20/h3-14H,2,16H2,1H3,(H,25,26). The molecule has 0 aliphatic carbocycles. The lowest BCUT2D eigenvalue weighted by molar-refractivity contribution is 0.102. The molecule has 1 N–H and O–H groups in total. The molecule has 28 heavy (non-hydrogen) atoms. The van der Waals surface area contributed by atoms with Crippen LogP contribution in [0.4, 0.5) is 5.69 Å². The van der Waals surface area contributed by atoms with Crippen LogP contribution in [0.3, 0.4) is 0 Å². The van der Waals surface area contributed by atoms with Gasteiger partial charge in [0.2, 0.25) is 0 Å². The van der Waals surface area contributed by atoms with Gasteiger partial charge in [-0.25, -0.2) is 0 Å². The second kappa shape index (κ2) is 9.24. The SMILES string of the molecule is CCOc1cc(C#N)ccc1OCc1ccc(C(=O)Nc2ccccc2)cc1. The molecule has 3 aromatic carbocycles. The molecule has 0 spiro atoms. The first-order valence-electron chi connectivity index (χ1n) is 8.94. The highest BCUT2D eigenvalue weighted by molar-refractivity contribution is 6.04. The summed E-state index contributed by atoms with van der Waals surface area (Å²) in [6.45, 7) is 2.69. The first-order valence-corrected chi connectivity index (χ1v) is 8.94. The van der Waals surface area contributed by atoms with Gasteiger partial charge in [0.25, 0.3) is 5.91 Å². The number of carbonyl (C=O) groups is 1. The second-order valence-electron chi connectivity index (χ2n) is 6.01. The van der Waals surface area contributed by atoms with Gasteiger partial charge in [-0.05, 0) is 48.9 Å². The van der Waals surface area contributed by atoms with Crippen LogP contribution in [0.1, 0.15) is 28.4 Å². The van der Waals surface area contributed by atoms with Crippen molar-refractivity contribution >= 4 is 11.6 Å². The van der Waals surface area contributed by atoms with E-state index in [4.69, 9.17) is 14.7 Å². The van der Waals surface area contributed by atoms with Crippen molar-refractivity contribution in [2.24, 2.45) is 0 Å². The van der Waals surface area contributed by atoms with Crippen LogP contribution >= 0.6 is 0 Å². The van der Waals surface area contributed by atoms with E-state index in [-0.39, 0.29) is 5.91 Å². The Labute approximate surface area is 164 Å². The third-order valence-corrected chi connectivity index (χ3v) is 4.01. The molecule has 0 radical (unpaired) electrons. The van der Waals surface area contributed by atoms with Crippen LogP contribution in [-0.4, -0.2) is 12.5 Å². The van der Waals surface area contributed by atoms with E-state index < -0.39 is 0 Å². The second-order valence-corrected chi connectivity index (χ2v) is 6.01. The summed E-state index contributed by atoms with van der Waals surface area (Å²) in [5, 5.41) is 11.9. The van der Waals surface area contributed by atoms with E-state index in [1.807, 2.05) is 49.4 Å². The van der Waals surface area contributed by atoms with E-state index in [0.29, 0.717) is 35.8 Å². The molecule has 5 nitrogen and oxygen atoms in total. The van der Waals surface area contributed by atoms with Gasteiger partial charge in [0.05, 0.1) is 18.2 Å². The average molecular weight is 372 g/mol. The van der Waals surface area contributed by atoms with E-state index in [0.717, 1.165) is 11.3 Å². The Bertz CT molecular complexity index is 977. The van der Waals surface area contributed by atoms with Crippen LogP contribution < -0.4 is 14.8 Å². The van der Waals surface area contributed by atoms with Crippen LogP contribution in [0.25, 0.3) is 0 Å². The first kappa shape index (κ1) is 19.0. The predicted molar refractivity (Wildman–Crippen MR) is 107 cm³/mol. The van der Waals surface area contributed by atoms with Crippen molar-refractivity contribution in [3.05, 3.63) is 89.5 Å². The van der Waals surface area contributed by atoms with Gasteiger partial charge >= 0.3 is 0 Å². The fourth-order valence-electron chi connectivity index (χ4n) is 2.60. The van der Waals surface area contributed by atoms with Gasteiger partial charge in [-0.2, -0.15) is 5.26 Å². The Morgan fingerprint density at radius 1 is 0.964 bits per heavy atom. The molecule has 0 aromatic heterocycles. The average Bonchev–Trinajstić information content (AvgIpc) is 2.74. The van der Waals surface area contributed by atoms with E-state index in [9.17, 15) is 4.79 Å². The number of amides is 1. The minimum atomic E-state index is -0.163. The smallest absolute Gasteiger partial charge is 0.255 e. The Kier molecular flexibility index (Phi) is 6.27. The van der Waals surface area contributed by atoms with Gasteiger partial charge in [-0.1, -0.05) is 30.3 Å². The fourth-order valence-corrected chi connectivity index (χ4v) is 2.60. The number of nitrogens with one attached hydrogen (secondary N) is 1. The summed E-state index contributed by atoms with van der Waals surface area (Å²) < 4.78 is 11.4. The topological polar surface area (TPSA) is 71.3 Å². The molecule has 1 amide bonds. The third kappa shape index (κ3) is 4.89. The van der Waals surface area contributed by atoms with Crippen LogP contribution in [0.15, 0.2) is 72.8 Å². The molecule has 0 atom stereocenters. The summed E-state index contributed by atoms with van der Waals surface area (Å²) in [6, 6.07) is 23.7. The van der Waals surface area contributed by atoms with Gasteiger partial charge < -0.3 is 14.8 Å². The highest BCUT2D eigenvalue weighted by Crippen LogP contribution is 2.29. The van der Waals surface area contributed by atoms with Crippen LogP contribution in [0.5, 0.6) is 11.5 Å². The van der Waals surface area contributed by atoms with Gasteiger partial charge in [0.1, 0.15) is 6.61 Å². The van der Waals surface area contributed by atoms with Crippen molar-refractivity contribution in [3.8, 4) is 17.6 Å². The maximum absolute atomic E-state index is 12.3. The molecular formula is C23H20N2O3. The van der Waals surface area contributed by atoms with E-state index in [2.05, 4.69) is 11.4 Å². The lowest BCUT2D eigenvalue weighted by Crippen LogP contribution is -2.11.